The fraction of sp³-hybridized carbons (Fsp3) is 0.238. The third kappa shape index (κ3) is 2.88. The number of amides is 1. The van der Waals surface area contributed by atoms with E-state index in [2.05, 4.69) is 15.0 Å². The van der Waals surface area contributed by atoms with Crippen LogP contribution in [0.2, 0.25) is 0 Å². The number of anilines is 3. The van der Waals surface area contributed by atoms with Crippen LogP contribution in [0.15, 0.2) is 42.7 Å². The minimum atomic E-state index is -0.128. The third-order valence-corrected chi connectivity index (χ3v) is 5.47. The number of rotatable bonds is 3. The topological polar surface area (TPSA) is 104 Å². The Hall–Kier alpha value is -3.86. The molecule has 1 saturated heterocycles. The number of fused-ring (bicyclic) bond motifs is 1. The van der Waals surface area contributed by atoms with Gasteiger partial charge in [0.1, 0.15) is 11.9 Å². The fourth-order valence-electron chi connectivity index (χ4n) is 3.88. The molecule has 2 N–H and O–H groups in total. The van der Waals surface area contributed by atoms with Gasteiger partial charge < -0.3 is 15.5 Å². The van der Waals surface area contributed by atoms with Crippen molar-refractivity contribution in [1.82, 2.24) is 14.8 Å². The molecule has 0 aliphatic carbocycles. The number of benzene rings is 1. The largest absolute Gasteiger partial charge is 0.398 e. The first-order valence-corrected chi connectivity index (χ1v) is 9.55. The molecule has 2 aromatic heterocycles. The molecule has 0 saturated carbocycles. The van der Waals surface area contributed by atoms with Crippen LogP contribution in [0.3, 0.4) is 0 Å². The summed E-state index contributed by atoms with van der Waals surface area (Å²) in [5, 5.41) is 13.6. The molecule has 1 fully saturated rings. The Morgan fingerprint density at radius 1 is 1.10 bits per heavy atom. The highest BCUT2D eigenvalue weighted by Gasteiger charge is 2.32. The van der Waals surface area contributed by atoms with E-state index in [1.165, 1.54) is 12.8 Å². The van der Waals surface area contributed by atoms with Crippen molar-refractivity contribution < 1.29 is 4.79 Å². The van der Waals surface area contributed by atoms with Gasteiger partial charge in [-0.15, -0.1) is 0 Å². The molecular weight excluding hydrogens is 366 g/mol. The van der Waals surface area contributed by atoms with Crippen LogP contribution in [0.1, 0.15) is 34.5 Å². The summed E-state index contributed by atoms with van der Waals surface area (Å²) in [5.74, 6) is 0.851. The summed E-state index contributed by atoms with van der Waals surface area (Å²) in [6.45, 7) is 2.46. The van der Waals surface area contributed by atoms with Gasteiger partial charge in [-0.25, -0.2) is 9.67 Å². The second kappa shape index (κ2) is 6.63. The lowest BCUT2D eigenvalue weighted by Crippen LogP contribution is -2.24. The summed E-state index contributed by atoms with van der Waals surface area (Å²) in [4.78, 5) is 21.3. The number of nitrogen functional groups attached to an aromatic ring is 1. The van der Waals surface area contributed by atoms with Crippen molar-refractivity contribution in [3.05, 3.63) is 59.5 Å². The van der Waals surface area contributed by atoms with E-state index in [-0.39, 0.29) is 5.91 Å². The van der Waals surface area contributed by atoms with Gasteiger partial charge >= 0.3 is 0 Å². The first-order chi connectivity index (χ1) is 14.1. The molecule has 3 aromatic rings. The van der Waals surface area contributed by atoms with Gasteiger partial charge in [-0.05, 0) is 43.2 Å². The van der Waals surface area contributed by atoms with Crippen LogP contribution in [0.4, 0.5) is 17.2 Å². The molecule has 1 aromatic carbocycles. The molecule has 0 bridgehead atoms. The predicted octanol–water partition coefficient (Wildman–Crippen LogP) is 2.48. The molecule has 8 nitrogen and oxygen atoms in total. The Labute approximate surface area is 167 Å². The summed E-state index contributed by atoms with van der Waals surface area (Å²) in [5.41, 5.74) is 9.41. The quantitative estimate of drug-likeness (QED) is 0.695. The molecule has 5 rings (SSSR count). The Morgan fingerprint density at radius 3 is 2.55 bits per heavy atom. The zero-order chi connectivity index (χ0) is 20.0. The number of carbonyl (C=O) groups is 1. The van der Waals surface area contributed by atoms with E-state index < -0.39 is 0 Å². The lowest BCUT2D eigenvalue weighted by Gasteiger charge is -2.17. The SMILES string of the molecule is N#Cc1ccc(N2Cc3nn(-c4ccc(N5CCCC5)nc4)cc3C2=O)cc1N. The maximum absolute atomic E-state index is 12.9. The van der Waals surface area contributed by atoms with Crippen LogP contribution in [0.5, 0.6) is 0 Å². The van der Waals surface area contributed by atoms with Crippen molar-refractivity contribution >= 4 is 23.1 Å². The van der Waals surface area contributed by atoms with Gasteiger partial charge in [-0.2, -0.15) is 10.4 Å². The summed E-state index contributed by atoms with van der Waals surface area (Å²) in [6.07, 6.45) is 5.95. The van der Waals surface area contributed by atoms with Gasteiger partial charge in [0.2, 0.25) is 0 Å². The van der Waals surface area contributed by atoms with Crippen LogP contribution in [0.25, 0.3) is 5.69 Å². The number of carbonyl (C=O) groups excluding carboxylic acids is 1. The molecule has 2 aliphatic rings. The monoisotopic (exact) mass is 385 g/mol. The number of nitrogens with zero attached hydrogens (tertiary/aromatic N) is 6. The van der Waals surface area contributed by atoms with Crippen molar-refractivity contribution in [2.24, 2.45) is 0 Å². The Morgan fingerprint density at radius 2 is 1.90 bits per heavy atom. The van der Waals surface area contributed by atoms with Crippen molar-refractivity contribution in [2.75, 3.05) is 28.6 Å². The van der Waals surface area contributed by atoms with Gasteiger partial charge in [-0.1, -0.05) is 0 Å². The first kappa shape index (κ1) is 17.3. The van der Waals surface area contributed by atoms with Crippen molar-refractivity contribution in [2.45, 2.75) is 19.4 Å². The number of nitriles is 1. The predicted molar refractivity (Wildman–Crippen MR) is 109 cm³/mol. The van der Waals surface area contributed by atoms with Gasteiger partial charge in [0.15, 0.2) is 0 Å². The average molecular weight is 385 g/mol. The van der Waals surface area contributed by atoms with Crippen LogP contribution in [-0.2, 0) is 6.54 Å². The molecule has 8 heteroatoms. The molecular formula is C21H19N7O. The van der Waals surface area contributed by atoms with E-state index in [4.69, 9.17) is 11.0 Å². The van der Waals surface area contributed by atoms with Crippen molar-refractivity contribution in [3.8, 4) is 11.8 Å². The molecule has 0 atom stereocenters. The molecule has 144 valence electrons. The lowest BCUT2D eigenvalue weighted by molar-refractivity contribution is 0.0996. The van der Waals surface area contributed by atoms with Gasteiger partial charge in [0, 0.05) is 25.0 Å². The van der Waals surface area contributed by atoms with Crippen molar-refractivity contribution in [3.63, 3.8) is 0 Å². The highest BCUT2D eigenvalue weighted by atomic mass is 16.2. The van der Waals surface area contributed by atoms with E-state index in [1.54, 1.807) is 40.2 Å². The van der Waals surface area contributed by atoms with E-state index in [9.17, 15) is 4.79 Å². The zero-order valence-electron chi connectivity index (χ0n) is 15.7. The Bertz CT molecular complexity index is 1140. The second-order valence-electron chi connectivity index (χ2n) is 7.28. The fourth-order valence-corrected chi connectivity index (χ4v) is 3.88. The zero-order valence-corrected chi connectivity index (χ0v) is 15.7. The Balaban J connectivity index is 1.38. The Kier molecular flexibility index (Phi) is 3.95. The number of nitrogens with two attached hydrogens (primary N) is 1. The molecule has 0 spiro atoms. The van der Waals surface area contributed by atoms with Gasteiger partial charge in [0.05, 0.1) is 40.9 Å². The molecule has 2 aliphatic heterocycles. The number of hydrogen-bond acceptors (Lipinski definition) is 6. The minimum absolute atomic E-state index is 0.128. The van der Waals surface area contributed by atoms with E-state index in [0.29, 0.717) is 34.7 Å². The number of aromatic nitrogens is 3. The average Bonchev–Trinajstić information content (AvgIpc) is 3.46. The third-order valence-electron chi connectivity index (χ3n) is 5.47. The lowest BCUT2D eigenvalue weighted by atomic mass is 10.1. The molecule has 4 heterocycles. The van der Waals surface area contributed by atoms with Gasteiger partial charge in [-0.3, -0.25) is 4.79 Å². The standard InChI is InChI=1S/C21H19N7O/c22-10-14-3-4-15(9-18(14)23)27-13-19-17(21(27)29)12-28(25-19)16-5-6-20(24-11-16)26-7-1-2-8-26/h3-6,9,11-12H,1-2,7-8,13,23H2. The van der Waals surface area contributed by atoms with Crippen LogP contribution >= 0.6 is 0 Å². The second-order valence-corrected chi connectivity index (χ2v) is 7.28. The highest BCUT2D eigenvalue weighted by molar-refractivity contribution is 6.09. The number of pyridine rings is 1. The first-order valence-electron chi connectivity index (χ1n) is 9.55. The van der Waals surface area contributed by atoms with E-state index in [0.717, 1.165) is 24.6 Å². The summed E-state index contributed by atoms with van der Waals surface area (Å²) in [7, 11) is 0. The van der Waals surface area contributed by atoms with Crippen LogP contribution in [-0.4, -0.2) is 33.8 Å². The summed E-state index contributed by atoms with van der Waals surface area (Å²) in [6, 6.07) is 11.0. The molecule has 0 unspecified atom stereocenters. The summed E-state index contributed by atoms with van der Waals surface area (Å²) >= 11 is 0. The van der Waals surface area contributed by atoms with Crippen molar-refractivity contribution in [1.29, 1.82) is 5.26 Å². The highest BCUT2D eigenvalue weighted by Crippen LogP contribution is 2.30. The van der Waals surface area contributed by atoms with E-state index >= 15 is 0 Å². The van der Waals surface area contributed by atoms with Crippen LogP contribution < -0.4 is 15.5 Å². The van der Waals surface area contributed by atoms with Crippen LogP contribution in [0, 0.1) is 11.3 Å². The molecule has 0 radical (unpaired) electrons. The number of hydrogen-bond donors (Lipinski definition) is 1. The molecule has 29 heavy (non-hydrogen) atoms. The smallest absolute Gasteiger partial charge is 0.262 e. The normalized spacial score (nSPS) is 15.6. The van der Waals surface area contributed by atoms with Gasteiger partial charge in [0.25, 0.3) is 5.91 Å². The maximum atomic E-state index is 12.9. The summed E-state index contributed by atoms with van der Waals surface area (Å²) < 4.78 is 1.70. The maximum Gasteiger partial charge on any atom is 0.262 e. The van der Waals surface area contributed by atoms with E-state index in [1.807, 2.05) is 18.2 Å². The molecule has 1 amide bonds. The minimum Gasteiger partial charge on any atom is -0.398 e.